The monoisotopic (exact) mass is 342 g/mol. The molecule has 2 aliphatic rings. The van der Waals surface area contributed by atoms with E-state index < -0.39 is 9.84 Å². The van der Waals surface area contributed by atoms with Gasteiger partial charge in [-0.25, -0.2) is 13.2 Å². The van der Waals surface area contributed by atoms with Crippen molar-refractivity contribution in [3.05, 3.63) is 53.6 Å². The van der Waals surface area contributed by atoms with E-state index in [1.807, 2.05) is 30.3 Å². The van der Waals surface area contributed by atoms with Crippen molar-refractivity contribution < 1.29 is 13.2 Å². The molecule has 2 aromatic carbocycles. The summed E-state index contributed by atoms with van der Waals surface area (Å²) in [4.78, 5) is 12.0. The van der Waals surface area contributed by atoms with Crippen LogP contribution in [0.3, 0.4) is 0 Å². The van der Waals surface area contributed by atoms with Crippen LogP contribution in [0, 0.1) is 5.92 Å². The summed E-state index contributed by atoms with van der Waals surface area (Å²) in [5.41, 5.74) is 5.74. The molecule has 0 spiro atoms. The fourth-order valence-electron chi connectivity index (χ4n) is 3.42. The van der Waals surface area contributed by atoms with E-state index in [9.17, 15) is 13.2 Å². The molecule has 2 N–H and O–H groups in total. The van der Waals surface area contributed by atoms with Crippen molar-refractivity contribution in [2.45, 2.75) is 6.42 Å². The van der Waals surface area contributed by atoms with Crippen LogP contribution in [0.1, 0.15) is 11.1 Å². The topological polar surface area (TPSA) is 75.3 Å². The maximum atomic E-state index is 12.0. The van der Waals surface area contributed by atoms with Gasteiger partial charge in [0.1, 0.15) is 0 Å². The first-order valence-corrected chi connectivity index (χ1v) is 9.79. The largest absolute Gasteiger partial charge is 0.338 e. The van der Waals surface area contributed by atoms with Crippen molar-refractivity contribution in [3.8, 4) is 11.1 Å². The first kappa shape index (κ1) is 15.2. The predicted molar refractivity (Wildman–Crippen MR) is 93.8 cm³/mol. The van der Waals surface area contributed by atoms with Crippen molar-refractivity contribution in [2.75, 3.05) is 23.4 Å². The zero-order valence-corrected chi connectivity index (χ0v) is 13.9. The lowest BCUT2D eigenvalue weighted by molar-refractivity contribution is 0.250. The van der Waals surface area contributed by atoms with E-state index in [2.05, 4.69) is 22.8 Å². The van der Waals surface area contributed by atoms with Gasteiger partial charge in [0.2, 0.25) is 0 Å². The van der Waals surface area contributed by atoms with E-state index in [4.69, 9.17) is 0 Å². The Morgan fingerprint density at radius 3 is 2.58 bits per heavy atom. The second-order valence-corrected chi connectivity index (χ2v) is 8.64. The highest BCUT2D eigenvalue weighted by atomic mass is 32.2. The van der Waals surface area contributed by atoms with Gasteiger partial charge < -0.3 is 10.6 Å². The summed E-state index contributed by atoms with van der Waals surface area (Å²) < 4.78 is 22.2. The Morgan fingerprint density at radius 1 is 1.04 bits per heavy atom. The van der Waals surface area contributed by atoms with Crippen molar-refractivity contribution >= 4 is 21.6 Å². The lowest BCUT2D eigenvalue weighted by Crippen LogP contribution is -2.44. The summed E-state index contributed by atoms with van der Waals surface area (Å²) in [7, 11) is -2.84. The number of amides is 2. The van der Waals surface area contributed by atoms with Crippen molar-refractivity contribution in [1.82, 2.24) is 5.32 Å². The van der Waals surface area contributed by atoms with Crippen LogP contribution in [0.5, 0.6) is 0 Å². The molecule has 2 aromatic rings. The average molecular weight is 342 g/mol. The number of fused-ring (bicyclic) bond motifs is 3. The van der Waals surface area contributed by atoms with Crippen LogP contribution in [0.15, 0.2) is 42.5 Å². The van der Waals surface area contributed by atoms with E-state index in [1.54, 1.807) is 0 Å². The standard InChI is InChI=1S/C18H18N2O3S/c21-18(19-9-12-10-24(22,23)11-12)20-15-5-6-17-14(8-15)7-13-3-1-2-4-16(13)17/h1-6,8,12H,7,9-11H2,(H2,19,20,21). The van der Waals surface area contributed by atoms with Crippen molar-refractivity contribution in [2.24, 2.45) is 5.92 Å². The molecular weight excluding hydrogens is 324 g/mol. The maximum Gasteiger partial charge on any atom is 0.319 e. The van der Waals surface area contributed by atoms with Crippen LogP contribution in [-0.2, 0) is 16.3 Å². The zero-order valence-electron chi connectivity index (χ0n) is 13.1. The van der Waals surface area contributed by atoms with Gasteiger partial charge in [0.25, 0.3) is 0 Å². The second kappa shape index (κ2) is 5.63. The van der Waals surface area contributed by atoms with Crippen LogP contribution in [0.4, 0.5) is 10.5 Å². The Kier molecular flexibility index (Phi) is 3.57. The molecule has 1 saturated heterocycles. The number of anilines is 1. The van der Waals surface area contributed by atoms with E-state index >= 15 is 0 Å². The van der Waals surface area contributed by atoms with Gasteiger partial charge in [0, 0.05) is 18.2 Å². The highest BCUT2D eigenvalue weighted by Gasteiger charge is 2.33. The molecule has 2 amide bonds. The van der Waals surface area contributed by atoms with E-state index in [1.165, 1.54) is 22.3 Å². The van der Waals surface area contributed by atoms with Crippen LogP contribution in [-0.4, -0.2) is 32.5 Å². The predicted octanol–water partition coefficient (Wildman–Crippen LogP) is 2.42. The fourth-order valence-corrected chi connectivity index (χ4v) is 5.00. The first-order valence-electron chi connectivity index (χ1n) is 7.97. The Balaban J connectivity index is 1.38. The third kappa shape index (κ3) is 2.89. The molecule has 5 nitrogen and oxygen atoms in total. The molecule has 0 saturated carbocycles. The summed E-state index contributed by atoms with van der Waals surface area (Å²) in [6.45, 7) is 0.390. The molecule has 1 heterocycles. The molecule has 1 aliphatic carbocycles. The van der Waals surface area contributed by atoms with Gasteiger partial charge in [0.05, 0.1) is 11.5 Å². The van der Waals surface area contributed by atoms with Crippen molar-refractivity contribution in [3.63, 3.8) is 0 Å². The van der Waals surface area contributed by atoms with E-state index in [0.717, 1.165) is 12.1 Å². The quantitative estimate of drug-likeness (QED) is 0.767. The first-order chi connectivity index (χ1) is 11.5. The smallest absolute Gasteiger partial charge is 0.319 e. The second-order valence-electron chi connectivity index (χ2n) is 6.48. The van der Waals surface area contributed by atoms with Crippen LogP contribution >= 0.6 is 0 Å². The normalized spacial score (nSPS) is 17.5. The minimum Gasteiger partial charge on any atom is -0.338 e. The van der Waals surface area contributed by atoms with E-state index in [-0.39, 0.29) is 23.5 Å². The third-order valence-corrected chi connectivity index (χ3v) is 6.54. The SMILES string of the molecule is O=C(NCC1CS(=O)(=O)C1)Nc1ccc2c(c1)Cc1ccccc1-2. The Bertz CT molecular complexity index is 910. The lowest BCUT2D eigenvalue weighted by Gasteiger charge is -2.25. The third-order valence-electron chi connectivity index (χ3n) is 4.58. The number of nitrogens with one attached hydrogen (secondary N) is 2. The summed E-state index contributed by atoms with van der Waals surface area (Å²) in [6, 6.07) is 14.0. The molecule has 0 atom stereocenters. The number of hydrogen-bond donors (Lipinski definition) is 2. The van der Waals surface area contributed by atoms with Crippen LogP contribution in [0.2, 0.25) is 0 Å². The van der Waals surface area contributed by atoms with Gasteiger partial charge in [-0.05, 0) is 40.8 Å². The Labute approximate surface area is 141 Å². The van der Waals surface area contributed by atoms with Crippen LogP contribution < -0.4 is 10.6 Å². The summed E-state index contributed by atoms with van der Waals surface area (Å²) in [6.07, 6.45) is 0.878. The number of sulfone groups is 1. The fraction of sp³-hybridized carbons (Fsp3) is 0.278. The minimum atomic E-state index is -2.84. The molecule has 1 aliphatic heterocycles. The number of rotatable bonds is 3. The molecule has 24 heavy (non-hydrogen) atoms. The number of urea groups is 1. The molecule has 124 valence electrons. The number of hydrogen-bond acceptors (Lipinski definition) is 3. The summed E-state index contributed by atoms with van der Waals surface area (Å²) >= 11 is 0. The molecule has 0 unspecified atom stereocenters. The number of carbonyl (C=O) groups excluding carboxylic acids is 1. The Hall–Kier alpha value is -2.34. The molecule has 4 rings (SSSR count). The van der Waals surface area contributed by atoms with Gasteiger partial charge in [-0.1, -0.05) is 30.3 Å². The summed E-state index contributed by atoms with van der Waals surface area (Å²) in [5, 5.41) is 5.56. The highest BCUT2D eigenvalue weighted by Crippen LogP contribution is 2.37. The average Bonchev–Trinajstić information content (AvgIpc) is 2.88. The molecule has 6 heteroatoms. The number of benzene rings is 2. The molecule has 1 fully saturated rings. The summed E-state index contributed by atoms with van der Waals surface area (Å²) in [5.74, 6) is 0.379. The Morgan fingerprint density at radius 2 is 1.79 bits per heavy atom. The number of carbonyl (C=O) groups is 1. The molecular formula is C18H18N2O3S. The van der Waals surface area contributed by atoms with Gasteiger partial charge in [0.15, 0.2) is 9.84 Å². The van der Waals surface area contributed by atoms with Gasteiger partial charge in [-0.3, -0.25) is 0 Å². The molecule has 0 aromatic heterocycles. The molecule has 0 bridgehead atoms. The van der Waals surface area contributed by atoms with Gasteiger partial charge >= 0.3 is 6.03 Å². The van der Waals surface area contributed by atoms with Crippen LogP contribution in [0.25, 0.3) is 11.1 Å². The maximum absolute atomic E-state index is 12.0. The van der Waals surface area contributed by atoms with Gasteiger partial charge in [-0.15, -0.1) is 0 Å². The zero-order chi connectivity index (χ0) is 16.7. The highest BCUT2D eigenvalue weighted by molar-refractivity contribution is 7.92. The van der Waals surface area contributed by atoms with Gasteiger partial charge in [-0.2, -0.15) is 0 Å². The molecule has 0 radical (unpaired) electrons. The van der Waals surface area contributed by atoms with E-state index in [0.29, 0.717) is 6.54 Å². The van der Waals surface area contributed by atoms with Crippen molar-refractivity contribution in [1.29, 1.82) is 0 Å². The minimum absolute atomic E-state index is 0.0373. The lowest BCUT2D eigenvalue weighted by atomic mass is 10.1.